The van der Waals surface area contributed by atoms with Crippen molar-refractivity contribution in [2.24, 2.45) is 17.8 Å². The second kappa shape index (κ2) is 27.6. The Hall–Kier alpha value is -6.66. The molecule has 1 aliphatic heterocycles. The predicted molar refractivity (Wildman–Crippen MR) is 255 cm³/mol. The van der Waals surface area contributed by atoms with Gasteiger partial charge in [0, 0.05) is 24.6 Å². The molecule has 2 amide bonds. The molecule has 0 spiro atoms. The van der Waals surface area contributed by atoms with E-state index in [1.807, 2.05) is 4.98 Å². The molecule has 2 aromatic carbocycles. The van der Waals surface area contributed by atoms with Gasteiger partial charge < -0.3 is 48.5 Å². The SMILES string of the molecule is CC(C)OC(=O)OCOP(=O)(OCOC(=O)OC(C)C)OC[C@@]1(CF)O[C@@H](n2ccc(=O)[nH]c2=O)[C@](C)(OC(=O)C(NC(=O)OCc2ccccc2)C(C)C)[C@@H]1CC(=O)C(NC(=O)OCc1ccccc1)C(C)C. The summed E-state index contributed by atoms with van der Waals surface area (Å²) in [6.07, 6.45) is -7.94. The minimum absolute atomic E-state index is 0.184. The Labute approximate surface area is 425 Å². The number of halogens is 1. The first-order chi connectivity index (χ1) is 34.9. The summed E-state index contributed by atoms with van der Waals surface area (Å²) in [6.45, 7) is 7.67. The fourth-order valence-electron chi connectivity index (χ4n) is 7.41. The topological polar surface area (TPSA) is 300 Å². The lowest BCUT2D eigenvalue weighted by atomic mass is 9.74. The molecule has 2 unspecified atom stereocenters. The van der Waals surface area contributed by atoms with Crippen LogP contribution in [0.15, 0.2) is 82.5 Å². The highest BCUT2D eigenvalue weighted by molar-refractivity contribution is 7.48. The van der Waals surface area contributed by atoms with Gasteiger partial charge in [-0.25, -0.2) is 46.8 Å². The Morgan fingerprint density at radius 3 is 1.65 bits per heavy atom. The lowest BCUT2D eigenvalue weighted by Crippen LogP contribution is -2.56. The summed E-state index contributed by atoms with van der Waals surface area (Å²) >= 11 is 0. The zero-order chi connectivity index (χ0) is 54.8. The van der Waals surface area contributed by atoms with E-state index >= 15 is 4.39 Å². The molecule has 26 heteroatoms. The molecule has 0 saturated carbocycles. The first-order valence-corrected chi connectivity index (χ1v) is 24.8. The van der Waals surface area contributed by atoms with Gasteiger partial charge in [-0.1, -0.05) is 88.4 Å². The number of carbonyl (C=O) groups is 6. The molecule has 24 nitrogen and oxygen atoms in total. The monoisotopic (exact) mass is 1070 g/mol. The molecule has 3 N–H and O–H groups in total. The maximum Gasteiger partial charge on any atom is 0.510 e. The van der Waals surface area contributed by atoms with Crippen molar-refractivity contribution in [1.29, 1.82) is 0 Å². The fraction of sp³-hybridized carbons (Fsp3) is 0.542. The van der Waals surface area contributed by atoms with Gasteiger partial charge in [0.25, 0.3) is 5.56 Å². The number of aromatic amines is 1. The smallest absolute Gasteiger partial charge is 0.453 e. The lowest BCUT2D eigenvalue weighted by molar-refractivity contribution is -0.179. The molecular formula is C48H64FN4O20P. The van der Waals surface area contributed by atoms with Gasteiger partial charge in [0.05, 0.1) is 24.9 Å². The van der Waals surface area contributed by atoms with Gasteiger partial charge in [-0.15, -0.1) is 0 Å². The third kappa shape index (κ3) is 17.5. The average Bonchev–Trinajstić information content (AvgIpc) is 3.56. The fourth-order valence-corrected chi connectivity index (χ4v) is 8.37. The number of alkyl halides is 1. The third-order valence-corrected chi connectivity index (χ3v) is 12.3. The van der Waals surface area contributed by atoms with Crippen LogP contribution >= 0.6 is 7.82 Å². The van der Waals surface area contributed by atoms with Crippen LogP contribution in [-0.4, -0.2) is 108 Å². The number of rotatable bonds is 26. The van der Waals surface area contributed by atoms with Gasteiger partial charge in [-0.3, -0.25) is 23.7 Å². The van der Waals surface area contributed by atoms with E-state index in [1.165, 1.54) is 34.6 Å². The molecular weight excluding hydrogens is 1000 g/mol. The summed E-state index contributed by atoms with van der Waals surface area (Å²) in [4.78, 5) is 108. The molecule has 2 heterocycles. The van der Waals surface area contributed by atoms with Crippen molar-refractivity contribution in [3.05, 3.63) is 105 Å². The largest absolute Gasteiger partial charge is 0.510 e. The Kier molecular flexibility index (Phi) is 22.3. The van der Waals surface area contributed by atoms with Gasteiger partial charge in [0.1, 0.15) is 31.5 Å². The average molecular weight is 1070 g/mol. The summed E-state index contributed by atoms with van der Waals surface area (Å²) in [5.74, 6) is -5.36. The number of nitrogens with one attached hydrogen (secondary N) is 3. The van der Waals surface area contributed by atoms with E-state index in [1.54, 1.807) is 88.4 Å². The maximum absolute atomic E-state index is 16.5. The Morgan fingerprint density at radius 1 is 0.716 bits per heavy atom. The highest BCUT2D eigenvalue weighted by Gasteiger charge is 2.66. The van der Waals surface area contributed by atoms with Crippen LogP contribution in [-0.2, 0) is 78.8 Å². The summed E-state index contributed by atoms with van der Waals surface area (Å²) < 4.78 is 90.5. The molecule has 1 aromatic heterocycles. The number of benzene rings is 2. The standard InChI is InChI=1S/C48H64FN4O20P/c1-29(2)38(51-43(58)63-23-33-16-12-10-13-17-33)35(54)22-36-47(9,72-40(56)39(30(3)4)52-44(59)64-24-34-18-14-11-15-19-34)41(53-21-20-37(55)50-42(53)57)73-48(36,25-49)26-67-74(62,68-27-65-45(60)70-31(5)6)69-28-66-46(61)71-32(7)8/h10-21,29-32,36,38-39,41H,22-28H2,1-9H3,(H,51,58)(H,52,59)(H,50,55,57)/t36-,38?,39?,41+,47+,48+/m0/s1. The van der Waals surface area contributed by atoms with Crippen LogP contribution < -0.4 is 21.9 Å². The summed E-state index contributed by atoms with van der Waals surface area (Å²) in [5, 5.41) is 4.99. The van der Waals surface area contributed by atoms with E-state index in [-0.39, 0.29) is 13.2 Å². The van der Waals surface area contributed by atoms with Crippen molar-refractivity contribution in [3.63, 3.8) is 0 Å². The number of esters is 1. The van der Waals surface area contributed by atoms with Crippen LogP contribution in [0.1, 0.15) is 86.1 Å². The number of nitrogens with zero attached hydrogens (tertiary/aromatic N) is 1. The number of carbonyl (C=O) groups excluding carboxylic acids is 6. The van der Waals surface area contributed by atoms with E-state index in [4.69, 9.17) is 51.5 Å². The molecule has 0 bridgehead atoms. The van der Waals surface area contributed by atoms with Crippen LogP contribution in [0.25, 0.3) is 0 Å². The minimum Gasteiger partial charge on any atom is -0.453 e. The van der Waals surface area contributed by atoms with Gasteiger partial charge in [-0.05, 0) is 57.6 Å². The van der Waals surface area contributed by atoms with Gasteiger partial charge in [0.2, 0.25) is 13.6 Å². The third-order valence-electron chi connectivity index (χ3n) is 11.0. The molecule has 0 aliphatic carbocycles. The van der Waals surface area contributed by atoms with Crippen molar-refractivity contribution in [2.75, 3.05) is 26.9 Å². The second-order valence-electron chi connectivity index (χ2n) is 18.2. The van der Waals surface area contributed by atoms with Crippen LogP contribution in [0.3, 0.4) is 0 Å². The Morgan fingerprint density at radius 2 is 1.20 bits per heavy atom. The quantitative estimate of drug-likeness (QED) is 0.0324. The number of aromatic nitrogens is 2. The molecule has 74 heavy (non-hydrogen) atoms. The molecule has 6 atom stereocenters. The van der Waals surface area contributed by atoms with Gasteiger partial charge in [-0.2, -0.15) is 0 Å². The number of phosphoric ester groups is 1. The highest BCUT2D eigenvalue weighted by Crippen LogP contribution is 2.56. The molecule has 3 aromatic rings. The predicted octanol–water partition coefficient (Wildman–Crippen LogP) is 6.75. The van der Waals surface area contributed by atoms with E-state index in [0.29, 0.717) is 11.1 Å². The number of phosphoric acid groups is 1. The maximum atomic E-state index is 16.5. The number of hydrogen-bond donors (Lipinski definition) is 3. The second-order valence-corrected chi connectivity index (χ2v) is 19.9. The van der Waals surface area contributed by atoms with E-state index in [9.17, 15) is 42.9 Å². The van der Waals surface area contributed by atoms with Gasteiger partial charge in [0.15, 0.2) is 17.6 Å². The molecule has 1 saturated heterocycles. The molecule has 4 rings (SSSR count). The minimum atomic E-state index is -5.26. The van der Waals surface area contributed by atoms with Crippen LogP contribution in [0, 0.1) is 17.8 Å². The van der Waals surface area contributed by atoms with Crippen molar-refractivity contribution >= 4 is 44.1 Å². The zero-order valence-corrected chi connectivity index (χ0v) is 43.3. The molecule has 1 aliphatic rings. The number of ketones is 1. The van der Waals surface area contributed by atoms with E-state index in [2.05, 4.69) is 10.6 Å². The van der Waals surface area contributed by atoms with Crippen molar-refractivity contribution in [3.8, 4) is 0 Å². The highest BCUT2D eigenvalue weighted by atomic mass is 31.2. The summed E-state index contributed by atoms with van der Waals surface area (Å²) in [7, 11) is -5.26. The van der Waals surface area contributed by atoms with Crippen molar-refractivity contribution in [2.45, 2.75) is 124 Å². The number of H-pyrrole nitrogens is 1. The molecule has 408 valence electrons. The zero-order valence-electron chi connectivity index (χ0n) is 42.4. The molecule has 0 radical (unpaired) electrons. The number of amides is 2. The summed E-state index contributed by atoms with van der Waals surface area (Å²) in [6, 6.07) is 15.2. The van der Waals surface area contributed by atoms with E-state index in [0.717, 1.165) is 16.8 Å². The first kappa shape index (κ1) is 59.9. The summed E-state index contributed by atoms with van der Waals surface area (Å²) in [5.41, 5.74) is -5.93. The van der Waals surface area contributed by atoms with Crippen LogP contribution in [0.4, 0.5) is 23.6 Å². The normalized spacial score (nSPS) is 19.3. The lowest BCUT2D eigenvalue weighted by Gasteiger charge is -2.39. The van der Waals surface area contributed by atoms with Gasteiger partial charge >= 0.3 is 44.0 Å². The van der Waals surface area contributed by atoms with Crippen molar-refractivity contribution in [1.82, 2.24) is 20.2 Å². The van der Waals surface area contributed by atoms with Crippen LogP contribution in [0.2, 0.25) is 0 Å². The van der Waals surface area contributed by atoms with E-state index < -0.39 is 148 Å². The Bertz CT molecular complexity index is 2500. The Balaban J connectivity index is 1.83. The number of Topliss-reactive ketones (excluding diaryl/α,β-unsaturated/α-hetero) is 1. The number of hydrogen-bond acceptors (Lipinski definition) is 20. The van der Waals surface area contributed by atoms with Crippen molar-refractivity contribution < 1.29 is 89.2 Å². The van der Waals surface area contributed by atoms with Crippen LogP contribution in [0.5, 0.6) is 0 Å². The molecule has 1 fully saturated rings. The number of ether oxygens (including phenoxy) is 8. The number of alkyl carbamates (subject to hydrolysis) is 2. The first-order valence-electron chi connectivity index (χ1n) is 23.4.